The lowest BCUT2D eigenvalue weighted by Gasteiger charge is -2.49. The van der Waals surface area contributed by atoms with Crippen LogP contribution in [0, 0.1) is 5.92 Å². The number of para-hydroxylation sites is 2. The lowest BCUT2D eigenvalue weighted by molar-refractivity contribution is 0.547. The fourth-order valence-corrected chi connectivity index (χ4v) is 9.90. The van der Waals surface area contributed by atoms with Crippen LogP contribution in [-0.4, -0.2) is 0 Å². The smallest absolute Gasteiger partial charge is 0.0543 e. The molecule has 2 aliphatic heterocycles. The molecule has 0 bridgehead atoms. The zero-order valence-electron chi connectivity index (χ0n) is 30.8. The molecule has 5 aromatic rings. The number of allylic oxidation sites excluding steroid dienone is 7. The summed E-state index contributed by atoms with van der Waals surface area (Å²) in [6.07, 6.45) is 19.7. The van der Waals surface area contributed by atoms with Crippen molar-refractivity contribution < 1.29 is 0 Å². The average Bonchev–Trinajstić information content (AvgIpc) is 3.18. The van der Waals surface area contributed by atoms with E-state index in [1.54, 1.807) is 0 Å². The highest BCUT2D eigenvalue weighted by Gasteiger charge is 2.45. The number of rotatable bonds is 4. The third kappa shape index (κ3) is 4.63. The van der Waals surface area contributed by atoms with E-state index in [1.165, 1.54) is 97.1 Å². The summed E-state index contributed by atoms with van der Waals surface area (Å²) >= 11 is 0. The molecule has 0 saturated heterocycles. The van der Waals surface area contributed by atoms with Crippen molar-refractivity contribution in [1.82, 2.24) is 0 Å². The summed E-state index contributed by atoms with van der Waals surface area (Å²) in [6, 6.07) is 39.4. The van der Waals surface area contributed by atoms with Crippen molar-refractivity contribution in [2.75, 3.05) is 9.80 Å². The molecule has 2 heteroatoms. The molecule has 0 aromatic heterocycles. The number of nitrogens with zero attached hydrogens (tertiary/aromatic N) is 2. The SMILES string of the molecule is CC1(C)c2ccccc2N2c3ccc(-c4ccc(N(C5=CC=C6C=CCCC6C5)c5cccc6c5CCC=C6)cc4)cc3C(C)(C)c3cccc1c32. The molecule has 0 fully saturated rings. The molecule has 5 aliphatic rings. The number of hydrogen-bond acceptors (Lipinski definition) is 2. The quantitative estimate of drug-likeness (QED) is 0.187. The summed E-state index contributed by atoms with van der Waals surface area (Å²) in [4.78, 5) is 5.11. The van der Waals surface area contributed by atoms with Gasteiger partial charge in [-0.1, -0.05) is 125 Å². The Hall–Kier alpha value is -5.34. The Kier molecular flexibility index (Phi) is 7.00. The van der Waals surface area contributed by atoms with E-state index in [1.807, 2.05) is 0 Å². The van der Waals surface area contributed by atoms with E-state index in [4.69, 9.17) is 0 Å². The summed E-state index contributed by atoms with van der Waals surface area (Å²) in [6.45, 7) is 9.58. The molecule has 2 heterocycles. The Labute approximate surface area is 309 Å². The first-order valence-electron chi connectivity index (χ1n) is 19.2. The molecule has 5 aromatic carbocycles. The van der Waals surface area contributed by atoms with Crippen LogP contribution in [-0.2, 0) is 17.3 Å². The van der Waals surface area contributed by atoms with Gasteiger partial charge in [-0.15, -0.1) is 0 Å². The maximum atomic E-state index is 2.56. The van der Waals surface area contributed by atoms with Gasteiger partial charge in [-0.3, -0.25) is 0 Å². The summed E-state index contributed by atoms with van der Waals surface area (Å²) < 4.78 is 0. The fraction of sp³-hybridized carbons (Fsp3) is 0.240. The van der Waals surface area contributed by atoms with Gasteiger partial charge >= 0.3 is 0 Å². The maximum Gasteiger partial charge on any atom is 0.0543 e. The van der Waals surface area contributed by atoms with Crippen molar-refractivity contribution in [1.29, 1.82) is 0 Å². The molecule has 0 saturated carbocycles. The van der Waals surface area contributed by atoms with Crippen molar-refractivity contribution >= 4 is 34.5 Å². The van der Waals surface area contributed by atoms with Gasteiger partial charge in [0.15, 0.2) is 0 Å². The fourth-order valence-electron chi connectivity index (χ4n) is 9.90. The van der Waals surface area contributed by atoms with Gasteiger partial charge in [-0.2, -0.15) is 0 Å². The van der Waals surface area contributed by atoms with Gasteiger partial charge in [-0.25, -0.2) is 0 Å². The monoisotopic (exact) mass is 674 g/mol. The molecule has 10 rings (SSSR count). The molecule has 0 radical (unpaired) electrons. The zero-order chi connectivity index (χ0) is 35.2. The van der Waals surface area contributed by atoms with E-state index in [9.17, 15) is 0 Å². The third-order valence-corrected chi connectivity index (χ3v) is 12.8. The van der Waals surface area contributed by atoms with Gasteiger partial charge in [-0.05, 0) is 131 Å². The Morgan fingerprint density at radius 1 is 0.635 bits per heavy atom. The van der Waals surface area contributed by atoms with Crippen LogP contribution in [0.15, 0.2) is 145 Å². The molecule has 0 spiro atoms. The van der Waals surface area contributed by atoms with Crippen LogP contribution in [0.5, 0.6) is 0 Å². The van der Waals surface area contributed by atoms with Crippen molar-refractivity contribution in [2.24, 2.45) is 5.92 Å². The van der Waals surface area contributed by atoms with Gasteiger partial charge in [0.2, 0.25) is 0 Å². The summed E-state index contributed by atoms with van der Waals surface area (Å²) in [7, 11) is 0. The first-order valence-corrected chi connectivity index (χ1v) is 19.2. The van der Waals surface area contributed by atoms with E-state index >= 15 is 0 Å². The minimum atomic E-state index is -0.152. The molecule has 2 nitrogen and oxygen atoms in total. The number of fused-ring (bicyclic) bond motifs is 6. The lowest BCUT2D eigenvalue weighted by atomic mass is 9.66. The topological polar surface area (TPSA) is 6.48 Å². The van der Waals surface area contributed by atoms with Crippen molar-refractivity contribution in [3.05, 3.63) is 178 Å². The van der Waals surface area contributed by atoms with Gasteiger partial charge < -0.3 is 9.80 Å². The maximum absolute atomic E-state index is 2.56. The molecule has 0 amide bonds. The van der Waals surface area contributed by atoms with Crippen molar-refractivity contribution in [2.45, 2.75) is 70.6 Å². The average molecular weight is 675 g/mol. The Bertz CT molecular complexity index is 2400. The van der Waals surface area contributed by atoms with E-state index in [2.05, 4.69) is 177 Å². The largest absolute Gasteiger partial charge is 0.314 e. The lowest BCUT2D eigenvalue weighted by Crippen LogP contribution is -2.38. The molecule has 52 heavy (non-hydrogen) atoms. The summed E-state index contributed by atoms with van der Waals surface area (Å²) in [5, 5.41) is 0. The highest BCUT2D eigenvalue weighted by atomic mass is 15.2. The van der Waals surface area contributed by atoms with Crippen LogP contribution < -0.4 is 9.80 Å². The van der Waals surface area contributed by atoms with Crippen LogP contribution in [0.3, 0.4) is 0 Å². The second kappa shape index (κ2) is 11.6. The standard InChI is InChI=1S/C50H46N2/c1-49(2)41-18-9-10-21-46(41)52-47-30-26-37(32-44(47)50(3,4)43-20-12-19-42(49)48(43)52)34-23-27-38(28-24-34)51(39-29-25-33-13-5-6-15-36(33)31-39)45-22-11-16-35-14-7-8-17-40(35)45/h5,7,9-14,16,18-30,32,36H,6,8,15,17,31H2,1-4H3. The molecule has 3 aliphatic carbocycles. The molecule has 256 valence electrons. The molecular weight excluding hydrogens is 629 g/mol. The minimum absolute atomic E-state index is 0.0724. The number of anilines is 5. The van der Waals surface area contributed by atoms with Gasteiger partial charge in [0, 0.05) is 27.9 Å². The van der Waals surface area contributed by atoms with Crippen LogP contribution in [0.4, 0.5) is 28.4 Å². The number of hydrogen-bond donors (Lipinski definition) is 0. The summed E-state index contributed by atoms with van der Waals surface area (Å²) in [5.41, 5.74) is 20.0. The molecule has 1 atom stereocenters. The predicted molar refractivity (Wildman–Crippen MR) is 219 cm³/mol. The Morgan fingerprint density at radius 2 is 1.35 bits per heavy atom. The van der Waals surface area contributed by atoms with Gasteiger partial charge in [0.05, 0.1) is 17.1 Å². The minimum Gasteiger partial charge on any atom is -0.314 e. The highest BCUT2D eigenvalue weighted by molar-refractivity contribution is 5.93. The molecule has 0 N–H and O–H groups in total. The van der Waals surface area contributed by atoms with E-state index in [0.717, 1.165) is 19.3 Å². The van der Waals surface area contributed by atoms with Crippen LogP contribution in [0.25, 0.3) is 17.2 Å². The van der Waals surface area contributed by atoms with Gasteiger partial charge in [0.1, 0.15) is 0 Å². The van der Waals surface area contributed by atoms with Crippen LogP contribution >= 0.6 is 0 Å². The van der Waals surface area contributed by atoms with E-state index in [-0.39, 0.29) is 10.8 Å². The first-order chi connectivity index (χ1) is 25.3. The van der Waals surface area contributed by atoms with Crippen molar-refractivity contribution in [3.63, 3.8) is 0 Å². The normalized spacial score (nSPS) is 19.7. The number of benzene rings is 5. The second-order valence-electron chi connectivity index (χ2n) is 16.4. The zero-order valence-corrected chi connectivity index (χ0v) is 30.8. The van der Waals surface area contributed by atoms with Crippen LogP contribution in [0.2, 0.25) is 0 Å². The predicted octanol–water partition coefficient (Wildman–Crippen LogP) is 13.4. The Balaban J connectivity index is 1.07. The highest BCUT2D eigenvalue weighted by Crippen LogP contribution is 2.60. The second-order valence-corrected chi connectivity index (χ2v) is 16.4. The molecular formula is C50H46N2. The van der Waals surface area contributed by atoms with E-state index < -0.39 is 0 Å². The van der Waals surface area contributed by atoms with Gasteiger partial charge in [0.25, 0.3) is 0 Å². The first kappa shape index (κ1) is 31.4. The van der Waals surface area contributed by atoms with Crippen LogP contribution in [0.1, 0.15) is 86.8 Å². The van der Waals surface area contributed by atoms with Crippen molar-refractivity contribution in [3.8, 4) is 11.1 Å². The summed E-state index contributed by atoms with van der Waals surface area (Å²) in [5.74, 6) is 0.587. The third-order valence-electron chi connectivity index (χ3n) is 12.8. The molecule has 1 unspecified atom stereocenters. The Morgan fingerprint density at radius 3 is 2.19 bits per heavy atom. The van der Waals surface area contributed by atoms with E-state index in [0.29, 0.717) is 5.92 Å².